The monoisotopic (exact) mass is 262 g/mol. The first-order chi connectivity index (χ1) is 8.86. The Morgan fingerprint density at radius 3 is 2.42 bits per heavy atom. The maximum absolute atomic E-state index is 11.1. The van der Waals surface area contributed by atoms with Crippen LogP contribution < -0.4 is 5.73 Å². The van der Waals surface area contributed by atoms with E-state index in [0.29, 0.717) is 12.5 Å². The molecular formula is C15H22N2O2. The van der Waals surface area contributed by atoms with Gasteiger partial charge in [-0.15, -0.1) is 0 Å². The molecule has 4 nitrogen and oxygen atoms in total. The van der Waals surface area contributed by atoms with Gasteiger partial charge in [0.15, 0.2) is 0 Å². The predicted octanol–water partition coefficient (Wildman–Crippen LogP) is 3.72. The molecule has 0 radical (unpaired) electrons. The van der Waals surface area contributed by atoms with Gasteiger partial charge >= 0.3 is 0 Å². The minimum absolute atomic E-state index is 0.137. The van der Waals surface area contributed by atoms with E-state index < -0.39 is 0 Å². The summed E-state index contributed by atoms with van der Waals surface area (Å²) >= 11 is 0. The number of hydrogen-bond acceptors (Lipinski definition) is 3. The zero-order chi connectivity index (χ0) is 14.6. The lowest BCUT2D eigenvalue weighted by molar-refractivity contribution is -0.385. The summed E-state index contributed by atoms with van der Waals surface area (Å²) in [5.41, 5.74) is 8.57. The first kappa shape index (κ1) is 15.4. The van der Waals surface area contributed by atoms with Crippen molar-refractivity contribution in [3.63, 3.8) is 0 Å². The van der Waals surface area contributed by atoms with Crippen molar-refractivity contribution >= 4 is 11.8 Å². The van der Waals surface area contributed by atoms with Crippen LogP contribution in [0.4, 0.5) is 5.69 Å². The van der Waals surface area contributed by atoms with E-state index in [0.717, 1.165) is 16.7 Å². The summed E-state index contributed by atoms with van der Waals surface area (Å²) in [5, 5.41) is 11.1. The van der Waals surface area contributed by atoms with Gasteiger partial charge in [0.1, 0.15) is 0 Å². The van der Waals surface area contributed by atoms with Crippen molar-refractivity contribution in [3.05, 3.63) is 45.0 Å². The Balaban J connectivity index is 3.26. The molecule has 0 heterocycles. The van der Waals surface area contributed by atoms with E-state index in [2.05, 4.69) is 13.8 Å². The largest absolute Gasteiger partial charge is 0.327 e. The normalized spacial score (nSPS) is 12.3. The van der Waals surface area contributed by atoms with Crippen LogP contribution in [0.15, 0.2) is 23.8 Å². The number of nitrogens with zero attached hydrogens (tertiary/aromatic N) is 1. The van der Waals surface area contributed by atoms with Gasteiger partial charge < -0.3 is 5.73 Å². The Labute approximate surface area is 114 Å². The molecule has 0 aliphatic rings. The number of nitro groups is 1. The van der Waals surface area contributed by atoms with Gasteiger partial charge in [-0.2, -0.15) is 0 Å². The maximum Gasteiger partial charge on any atom is 0.273 e. The van der Waals surface area contributed by atoms with Crippen LogP contribution in [-0.4, -0.2) is 11.5 Å². The standard InChI is InChI=1S/C15H22N2O2/c1-10(2)13(9-16)7-12-5-6-14(11(3)4)15(8-12)17(18)19/h5-8,10-11H,9,16H2,1-4H3. The van der Waals surface area contributed by atoms with Gasteiger partial charge in [-0.05, 0) is 17.4 Å². The Hall–Kier alpha value is -1.68. The van der Waals surface area contributed by atoms with Crippen molar-refractivity contribution in [1.29, 1.82) is 0 Å². The minimum Gasteiger partial charge on any atom is -0.327 e. The molecule has 0 unspecified atom stereocenters. The van der Waals surface area contributed by atoms with E-state index in [9.17, 15) is 10.1 Å². The quantitative estimate of drug-likeness (QED) is 0.649. The molecule has 0 fully saturated rings. The fourth-order valence-electron chi connectivity index (χ4n) is 1.97. The molecular weight excluding hydrogens is 240 g/mol. The predicted molar refractivity (Wildman–Crippen MR) is 79.1 cm³/mol. The summed E-state index contributed by atoms with van der Waals surface area (Å²) in [7, 11) is 0. The second-order valence-corrected chi connectivity index (χ2v) is 5.31. The van der Waals surface area contributed by atoms with Crippen LogP contribution in [0.5, 0.6) is 0 Å². The van der Waals surface area contributed by atoms with E-state index in [1.807, 2.05) is 32.1 Å². The summed E-state index contributed by atoms with van der Waals surface area (Å²) in [5.74, 6) is 0.478. The first-order valence-corrected chi connectivity index (χ1v) is 6.55. The third-order valence-electron chi connectivity index (χ3n) is 3.20. The van der Waals surface area contributed by atoms with Crippen molar-refractivity contribution in [3.8, 4) is 0 Å². The van der Waals surface area contributed by atoms with Gasteiger partial charge in [-0.25, -0.2) is 0 Å². The molecule has 0 amide bonds. The van der Waals surface area contributed by atoms with E-state index in [-0.39, 0.29) is 16.5 Å². The van der Waals surface area contributed by atoms with Crippen LogP contribution in [0.2, 0.25) is 0 Å². The maximum atomic E-state index is 11.1. The third-order valence-corrected chi connectivity index (χ3v) is 3.20. The number of benzene rings is 1. The molecule has 104 valence electrons. The SMILES string of the molecule is CC(C)C(=Cc1ccc(C(C)C)c([N+](=O)[O-])c1)CN. The summed E-state index contributed by atoms with van der Waals surface area (Å²) in [4.78, 5) is 10.8. The Morgan fingerprint density at radius 1 is 1.37 bits per heavy atom. The molecule has 0 spiro atoms. The average Bonchev–Trinajstić information content (AvgIpc) is 2.34. The highest BCUT2D eigenvalue weighted by atomic mass is 16.6. The van der Waals surface area contributed by atoms with Gasteiger partial charge in [-0.1, -0.05) is 51.5 Å². The molecule has 0 aliphatic carbocycles. The minimum atomic E-state index is -0.315. The van der Waals surface area contributed by atoms with Gasteiger partial charge in [0.2, 0.25) is 0 Å². The molecule has 0 atom stereocenters. The Bertz CT molecular complexity index is 491. The van der Waals surface area contributed by atoms with Crippen LogP contribution in [-0.2, 0) is 0 Å². The fraction of sp³-hybridized carbons (Fsp3) is 0.467. The molecule has 19 heavy (non-hydrogen) atoms. The molecule has 0 aliphatic heterocycles. The highest BCUT2D eigenvalue weighted by Gasteiger charge is 2.16. The van der Waals surface area contributed by atoms with E-state index >= 15 is 0 Å². The van der Waals surface area contributed by atoms with Crippen LogP contribution in [0, 0.1) is 16.0 Å². The second-order valence-electron chi connectivity index (χ2n) is 5.31. The van der Waals surface area contributed by atoms with Crippen molar-refractivity contribution in [2.75, 3.05) is 6.54 Å². The molecule has 1 aromatic rings. The smallest absolute Gasteiger partial charge is 0.273 e. The highest BCUT2D eigenvalue weighted by Crippen LogP contribution is 2.28. The molecule has 4 heteroatoms. The van der Waals surface area contributed by atoms with Crippen LogP contribution >= 0.6 is 0 Å². The summed E-state index contributed by atoms with van der Waals surface area (Å²) < 4.78 is 0. The highest BCUT2D eigenvalue weighted by molar-refractivity contribution is 5.59. The van der Waals surface area contributed by atoms with Gasteiger partial charge in [0.25, 0.3) is 5.69 Å². The van der Waals surface area contributed by atoms with E-state index in [4.69, 9.17) is 5.73 Å². The van der Waals surface area contributed by atoms with Crippen molar-refractivity contribution in [2.24, 2.45) is 11.7 Å². The van der Waals surface area contributed by atoms with Crippen molar-refractivity contribution in [1.82, 2.24) is 0 Å². The molecule has 2 N–H and O–H groups in total. The lowest BCUT2D eigenvalue weighted by atomic mass is 9.96. The second kappa shape index (κ2) is 6.48. The number of rotatable bonds is 5. The van der Waals surface area contributed by atoms with Crippen LogP contribution in [0.1, 0.15) is 44.7 Å². The first-order valence-electron chi connectivity index (χ1n) is 6.55. The van der Waals surface area contributed by atoms with Gasteiger partial charge in [0.05, 0.1) is 4.92 Å². The summed E-state index contributed by atoms with van der Waals surface area (Å²) in [6.07, 6.45) is 1.95. The van der Waals surface area contributed by atoms with Gasteiger partial charge in [-0.3, -0.25) is 10.1 Å². The molecule has 1 aromatic carbocycles. The topological polar surface area (TPSA) is 69.2 Å². The number of hydrogen-bond donors (Lipinski definition) is 1. The number of nitrogens with two attached hydrogens (primary N) is 1. The molecule has 1 rings (SSSR count). The van der Waals surface area contributed by atoms with Crippen LogP contribution in [0.25, 0.3) is 6.08 Å². The molecule has 0 bridgehead atoms. The van der Waals surface area contributed by atoms with E-state index in [1.54, 1.807) is 6.07 Å². The zero-order valence-corrected chi connectivity index (χ0v) is 12.0. The summed E-state index contributed by atoms with van der Waals surface area (Å²) in [6.45, 7) is 8.51. The van der Waals surface area contributed by atoms with E-state index in [1.165, 1.54) is 0 Å². The summed E-state index contributed by atoms with van der Waals surface area (Å²) in [6, 6.07) is 5.39. The van der Waals surface area contributed by atoms with Gasteiger partial charge in [0, 0.05) is 18.2 Å². The van der Waals surface area contributed by atoms with Crippen molar-refractivity contribution in [2.45, 2.75) is 33.6 Å². The van der Waals surface area contributed by atoms with Crippen LogP contribution in [0.3, 0.4) is 0 Å². The van der Waals surface area contributed by atoms with Crippen molar-refractivity contribution < 1.29 is 4.92 Å². The molecule has 0 saturated carbocycles. The molecule has 0 aromatic heterocycles. The molecule has 0 saturated heterocycles. The third kappa shape index (κ3) is 3.89. The number of nitro benzene ring substituents is 1. The average molecular weight is 262 g/mol. The lowest BCUT2D eigenvalue weighted by Crippen LogP contribution is -2.08. The zero-order valence-electron chi connectivity index (χ0n) is 12.0. The Kier molecular flexibility index (Phi) is 5.24. The fourth-order valence-corrected chi connectivity index (χ4v) is 1.97. The Morgan fingerprint density at radius 2 is 2.00 bits per heavy atom. The lowest BCUT2D eigenvalue weighted by Gasteiger charge is -2.10.